The summed E-state index contributed by atoms with van der Waals surface area (Å²) >= 11 is 0. The fourth-order valence-corrected chi connectivity index (χ4v) is 7.38. The fourth-order valence-electron chi connectivity index (χ4n) is 3.99. The van der Waals surface area contributed by atoms with Crippen molar-refractivity contribution in [2.75, 3.05) is 0 Å². The van der Waals surface area contributed by atoms with Crippen LogP contribution < -0.4 is 0 Å². The first-order chi connectivity index (χ1) is 8.67. The number of hydrogen-bond donors (Lipinski definition) is 0. The Morgan fingerprint density at radius 3 is 2.61 bits per heavy atom. The lowest BCUT2D eigenvalue weighted by atomic mass is 9.82. The van der Waals surface area contributed by atoms with E-state index in [9.17, 15) is 0 Å². The van der Waals surface area contributed by atoms with Crippen LogP contribution in [0.5, 0.6) is 0 Å². The molecule has 18 heavy (non-hydrogen) atoms. The van der Waals surface area contributed by atoms with Crippen LogP contribution in [0.15, 0.2) is 30.3 Å². The fraction of sp³-hybridized carbons (Fsp3) is 0.625. The Labute approximate surface area is 112 Å². The zero-order valence-corrected chi connectivity index (χ0v) is 12.6. The summed E-state index contributed by atoms with van der Waals surface area (Å²) < 4.78 is 6.48. The van der Waals surface area contributed by atoms with E-state index in [1.807, 2.05) is 0 Å². The van der Waals surface area contributed by atoms with Gasteiger partial charge >= 0.3 is 0 Å². The molecule has 0 amide bonds. The third kappa shape index (κ3) is 2.28. The average molecular weight is 260 g/mol. The second-order valence-corrected chi connectivity index (χ2v) is 10.7. The van der Waals surface area contributed by atoms with Gasteiger partial charge in [0.1, 0.15) is 0 Å². The Morgan fingerprint density at radius 2 is 1.83 bits per heavy atom. The van der Waals surface area contributed by atoms with Crippen LogP contribution in [0.2, 0.25) is 18.6 Å². The van der Waals surface area contributed by atoms with Gasteiger partial charge in [-0.1, -0.05) is 43.2 Å². The molecule has 1 saturated heterocycles. The van der Waals surface area contributed by atoms with E-state index in [4.69, 9.17) is 4.43 Å². The lowest BCUT2D eigenvalue weighted by Crippen LogP contribution is -2.32. The van der Waals surface area contributed by atoms with Crippen LogP contribution in [-0.2, 0) is 10.8 Å². The number of fused-ring (bicyclic) bond motifs is 1. The minimum absolute atomic E-state index is 0.592. The molecule has 0 N–H and O–H groups in total. The van der Waals surface area contributed by atoms with Gasteiger partial charge in [-0.3, -0.25) is 0 Å². The van der Waals surface area contributed by atoms with Crippen LogP contribution in [0.25, 0.3) is 0 Å². The van der Waals surface area contributed by atoms with Gasteiger partial charge in [0.25, 0.3) is 0 Å². The molecule has 1 aromatic carbocycles. The molecule has 2 fully saturated rings. The van der Waals surface area contributed by atoms with E-state index in [1.54, 1.807) is 0 Å². The van der Waals surface area contributed by atoms with Gasteiger partial charge in [0.15, 0.2) is 8.32 Å². The highest BCUT2D eigenvalue weighted by molar-refractivity contribution is 6.73. The predicted molar refractivity (Wildman–Crippen MR) is 78.2 cm³/mol. The highest BCUT2D eigenvalue weighted by Crippen LogP contribution is 2.49. The maximum atomic E-state index is 6.48. The lowest BCUT2D eigenvalue weighted by Gasteiger charge is -2.29. The molecular weight excluding hydrogens is 236 g/mol. The Balaban J connectivity index is 1.80. The summed E-state index contributed by atoms with van der Waals surface area (Å²) in [5, 5.41) is 0. The number of hydrogen-bond acceptors (Lipinski definition) is 1. The van der Waals surface area contributed by atoms with Crippen molar-refractivity contribution in [3.8, 4) is 0 Å². The van der Waals surface area contributed by atoms with Gasteiger partial charge in [-0.15, -0.1) is 0 Å². The highest BCUT2D eigenvalue weighted by atomic mass is 28.4. The molecule has 3 unspecified atom stereocenters. The Kier molecular flexibility index (Phi) is 3.33. The molecule has 1 aliphatic heterocycles. The van der Waals surface area contributed by atoms with Crippen molar-refractivity contribution in [2.24, 2.45) is 5.92 Å². The largest absolute Gasteiger partial charge is 0.414 e. The van der Waals surface area contributed by atoms with Crippen molar-refractivity contribution >= 4 is 8.32 Å². The summed E-state index contributed by atoms with van der Waals surface area (Å²) in [6.07, 6.45) is 7.34. The Bertz CT molecular complexity index is 401. The Morgan fingerprint density at radius 1 is 1.11 bits per heavy atom. The van der Waals surface area contributed by atoms with Crippen molar-refractivity contribution < 1.29 is 4.43 Å². The molecular formula is C16H24OSi. The predicted octanol–water partition coefficient (Wildman–Crippen LogP) is 4.39. The van der Waals surface area contributed by atoms with Crippen LogP contribution in [0, 0.1) is 5.92 Å². The molecule has 3 rings (SSSR count). The van der Waals surface area contributed by atoms with Crippen LogP contribution in [0.1, 0.15) is 31.2 Å². The van der Waals surface area contributed by atoms with Crippen molar-refractivity contribution in [3.63, 3.8) is 0 Å². The van der Waals surface area contributed by atoms with Gasteiger partial charge in [-0.05, 0) is 49.4 Å². The van der Waals surface area contributed by atoms with Gasteiger partial charge in [-0.2, -0.15) is 0 Å². The molecule has 2 heteroatoms. The monoisotopic (exact) mass is 260 g/mol. The van der Waals surface area contributed by atoms with Crippen LogP contribution in [-0.4, -0.2) is 14.4 Å². The first kappa shape index (κ1) is 12.4. The van der Waals surface area contributed by atoms with E-state index in [-0.39, 0.29) is 0 Å². The SMILES string of the molecule is C[Si]1(C)OC2CCCCC2C1Cc1ccccc1. The Hall–Kier alpha value is -0.603. The van der Waals surface area contributed by atoms with Crippen molar-refractivity contribution in [2.45, 2.75) is 56.8 Å². The minimum atomic E-state index is -1.48. The van der Waals surface area contributed by atoms with E-state index in [2.05, 4.69) is 43.4 Å². The molecule has 1 aromatic rings. The second-order valence-electron chi connectivity index (χ2n) is 6.50. The van der Waals surface area contributed by atoms with E-state index in [0.29, 0.717) is 6.10 Å². The van der Waals surface area contributed by atoms with Crippen LogP contribution >= 0.6 is 0 Å². The third-order valence-corrected chi connectivity index (χ3v) is 8.25. The molecule has 1 heterocycles. The minimum Gasteiger partial charge on any atom is -0.414 e. The normalized spacial score (nSPS) is 34.2. The van der Waals surface area contributed by atoms with E-state index >= 15 is 0 Å². The van der Waals surface area contributed by atoms with E-state index in [0.717, 1.165) is 11.5 Å². The molecule has 1 aliphatic carbocycles. The molecule has 0 radical (unpaired) electrons. The van der Waals surface area contributed by atoms with Gasteiger partial charge in [-0.25, -0.2) is 0 Å². The van der Waals surface area contributed by atoms with Crippen molar-refractivity contribution in [3.05, 3.63) is 35.9 Å². The molecule has 1 nitrogen and oxygen atoms in total. The first-order valence-corrected chi connectivity index (χ1v) is 10.4. The zero-order chi connectivity index (χ0) is 12.6. The highest BCUT2D eigenvalue weighted by Gasteiger charge is 2.50. The van der Waals surface area contributed by atoms with Crippen LogP contribution in [0.3, 0.4) is 0 Å². The maximum absolute atomic E-state index is 6.48. The molecule has 0 spiro atoms. The third-order valence-electron chi connectivity index (χ3n) is 4.92. The quantitative estimate of drug-likeness (QED) is 0.716. The molecule has 98 valence electrons. The summed E-state index contributed by atoms with van der Waals surface area (Å²) in [4.78, 5) is 0. The van der Waals surface area contributed by atoms with E-state index < -0.39 is 8.32 Å². The smallest absolute Gasteiger partial charge is 0.190 e. The summed E-state index contributed by atoms with van der Waals surface area (Å²) in [7, 11) is -1.48. The van der Waals surface area contributed by atoms with Crippen molar-refractivity contribution in [1.29, 1.82) is 0 Å². The summed E-state index contributed by atoms with van der Waals surface area (Å²) in [5.74, 6) is 0.848. The average Bonchev–Trinajstić information content (AvgIpc) is 2.62. The van der Waals surface area contributed by atoms with Crippen molar-refractivity contribution in [1.82, 2.24) is 0 Å². The summed E-state index contributed by atoms with van der Waals surface area (Å²) in [5.41, 5.74) is 2.32. The van der Waals surface area contributed by atoms with E-state index in [1.165, 1.54) is 37.7 Å². The number of benzene rings is 1. The summed E-state index contributed by atoms with van der Waals surface area (Å²) in [6.45, 7) is 4.86. The molecule has 1 saturated carbocycles. The number of rotatable bonds is 2. The second kappa shape index (κ2) is 4.82. The first-order valence-electron chi connectivity index (χ1n) is 7.38. The zero-order valence-electron chi connectivity index (χ0n) is 11.6. The van der Waals surface area contributed by atoms with Gasteiger partial charge < -0.3 is 4.43 Å². The molecule has 0 bridgehead atoms. The molecule has 2 aliphatic rings. The van der Waals surface area contributed by atoms with Crippen LogP contribution in [0.4, 0.5) is 0 Å². The lowest BCUT2D eigenvalue weighted by molar-refractivity contribution is 0.129. The molecule has 0 aromatic heterocycles. The molecule has 3 atom stereocenters. The van der Waals surface area contributed by atoms with Gasteiger partial charge in [0, 0.05) is 6.10 Å². The van der Waals surface area contributed by atoms with Gasteiger partial charge in [0.05, 0.1) is 0 Å². The standard InChI is InChI=1S/C16H24OSi/c1-18(2)16(12-13-8-4-3-5-9-13)14-10-6-7-11-15(14)17-18/h3-5,8-9,14-16H,6-7,10-12H2,1-2H3. The topological polar surface area (TPSA) is 9.23 Å². The van der Waals surface area contributed by atoms with Gasteiger partial charge in [0.2, 0.25) is 0 Å². The summed E-state index contributed by atoms with van der Waals surface area (Å²) in [6, 6.07) is 11.0. The maximum Gasteiger partial charge on any atom is 0.190 e.